The molecule has 7 N–H and O–H groups in total. The van der Waals surface area contributed by atoms with Gasteiger partial charge < -0.3 is 40.7 Å². The number of hydrogen-bond acceptors (Lipinski definition) is 8. The number of carbonyl (C=O) groups is 5. The molecule has 4 rings (SSSR count). The fourth-order valence-electron chi connectivity index (χ4n) is 4.95. The van der Waals surface area contributed by atoms with Crippen molar-refractivity contribution in [3.63, 3.8) is 0 Å². The van der Waals surface area contributed by atoms with Crippen LogP contribution in [0.3, 0.4) is 0 Å². The maximum absolute atomic E-state index is 14.2. The number of nitrogens with one attached hydrogen (secondary N) is 2. The van der Waals surface area contributed by atoms with Gasteiger partial charge in [0, 0.05) is 12.2 Å². The molecule has 0 bridgehead atoms. The van der Waals surface area contributed by atoms with E-state index in [0.717, 1.165) is 4.90 Å². The Labute approximate surface area is 256 Å². The number of guanidine groups is 1. The van der Waals surface area contributed by atoms with Crippen molar-refractivity contribution in [1.29, 1.82) is 5.41 Å². The van der Waals surface area contributed by atoms with Gasteiger partial charge in [0.1, 0.15) is 0 Å². The van der Waals surface area contributed by atoms with E-state index in [9.17, 15) is 39.3 Å². The zero-order valence-corrected chi connectivity index (χ0v) is 23.8. The molecule has 0 saturated carbocycles. The molecule has 0 fully saturated rings. The summed E-state index contributed by atoms with van der Waals surface area (Å²) in [4.78, 5) is 63.5. The van der Waals surface area contributed by atoms with Gasteiger partial charge in [-0.05, 0) is 66.4 Å². The predicted molar refractivity (Wildman–Crippen MR) is 159 cm³/mol. The molecule has 1 amide bonds. The highest BCUT2D eigenvalue weighted by atomic mass is 16.6. The summed E-state index contributed by atoms with van der Waals surface area (Å²) in [7, 11) is 0. The number of nitrogens with two attached hydrogens (primary N) is 1. The van der Waals surface area contributed by atoms with Crippen LogP contribution in [0.25, 0.3) is 0 Å². The number of aliphatic carboxylic acids is 2. The highest BCUT2D eigenvalue weighted by Gasteiger charge is 2.32. The molecule has 0 saturated heterocycles. The number of hydrogen-bond donors (Lipinski definition) is 6. The minimum atomic E-state index is -1.35. The van der Waals surface area contributed by atoms with Crippen LogP contribution in [0.5, 0.6) is 11.5 Å². The first kappa shape index (κ1) is 32.0. The summed E-state index contributed by atoms with van der Waals surface area (Å²) in [6, 6.07) is 13.3. The van der Waals surface area contributed by atoms with Crippen LogP contribution in [0.4, 0.5) is 5.69 Å². The number of benzene rings is 3. The Balaban J connectivity index is 1.75. The molecule has 0 aromatic heterocycles. The third kappa shape index (κ3) is 8.13. The van der Waals surface area contributed by atoms with E-state index in [1.54, 1.807) is 12.1 Å². The molecule has 0 unspecified atom stereocenters. The van der Waals surface area contributed by atoms with Gasteiger partial charge in [0.2, 0.25) is 0 Å². The molecule has 1 aliphatic heterocycles. The number of carboxylic acid groups (broad SMARTS) is 3. The summed E-state index contributed by atoms with van der Waals surface area (Å²) < 4.78 is 11.6. The number of anilines is 1. The van der Waals surface area contributed by atoms with E-state index >= 15 is 0 Å². The van der Waals surface area contributed by atoms with Crippen molar-refractivity contribution < 1.29 is 48.8 Å². The third-order valence-electron chi connectivity index (χ3n) is 6.90. The molecule has 234 valence electrons. The van der Waals surface area contributed by atoms with E-state index in [1.807, 2.05) is 0 Å². The standard InChI is InChI=1S/C31H30N4O10/c32-31(33)34-20-9-10-22-18(13-20)6-3-11-44-27-23(7-2-8-24(27)45-30(22)43)28(40)35(21(14-25(36)37)15-26(38)39)16-17-4-1-5-19(12-17)29(41)42/h1-2,4-5,7-10,12-13,21H,3,6,11,14-16H2,(H,36,37)(H,38,39)(H,41,42)(H4,32,33,34). The Morgan fingerprint density at radius 3 is 2.36 bits per heavy atom. The Bertz CT molecular complexity index is 1660. The fraction of sp³-hybridized carbons (Fsp3) is 0.226. The first-order valence-electron chi connectivity index (χ1n) is 13.7. The Hall–Kier alpha value is -5.92. The Morgan fingerprint density at radius 1 is 0.978 bits per heavy atom. The predicted octanol–water partition coefficient (Wildman–Crippen LogP) is 3.19. The summed E-state index contributed by atoms with van der Waals surface area (Å²) in [6.07, 6.45) is -0.648. The molecule has 3 aromatic carbocycles. The summed E-state index contributed by atoms with van der Waals surface area (Å²) in [6.45, 7) is -0.244. The van der Waals surface area contributed by atoms with Gasteiger partial charge >= 0.3 is 23.9 Å². The largest absolute Gasteiger partial charge is 0.489 e. The molecular weight excluding hydrogens is 588 g/mol. The molecule has 45 heavy (non-hydrogen) atoms. The molecule has 0 atom stereocenters. The van der Waals surface area contributed by atoms with Crippen molar-refractivity contribution in [2.24, 2.45) is 5.73 Å². The van der Waals surface area contributed by atoms with Crippen molar-refractivity contribution in [2.75, 3.05) is 11.9 Å². The maximum Gasteiger partial charge on any atom is 0.343 e. The van der Waals surface area contributed by atoms with Gasteiger partial charge in [-0.3, -0.25) is 19.8 Å². The van der Waals surface area contributed by atoms with Crippen molar-refractivity contribution in [1.82, 2.24) is 4.90 Å². The van der Waals surface area contributed by atoms with E-state index in [2.05, 4.69) is 5.32 Å². The zero-order chi connectivity index (χ0) is 32.7. The second-order valence-corrected chi connectivity index (χ2v) is 10.2. The monoisotopic (exact) mass is 618 g/mol. The topological polar surface area (TPSA) is 230 Å². The maximum atomic E-state index is 14.2. The van der Waals surface area contributed by atoms with Crippen LogP contribution < -0.4 is 20.5 Å². The average Bonchev–Trinajstić information content (AvgIpc) is 2.97. The lowest BCUT2D eigenvalue weighted by molar-refractivity contribution is -0.140. The average molecular weight is 619 g/mol. The highest BCUT2D eigenvalue weighted by molar-refractivity contribution is 6.00. The minimum absolute atomic E-state index is 0.0764. The van der Waals surface area contributed by atoms with Gasteiger partial charge in [-0.1, -0.05) is 18.2 Å². The SMILES string of the molecule is N=C(N)Nc1ccc2c(c1)CCCOc1c(cccc1C(=O)N(Cc1cccc(C(=O)O)c1)C(CC(=O)O)CC(=O)O)OC2=O. The van der Waals surface area contributed by atoms with Crippen LogP contribution in [0.15, 0.2) is 60.7 Å². The Kier molecular flexibility index (Phi) is 9.98. The highest BCUT2D eigenvalue weighted by Crippen LogP contribution is 2.35. The van der Waals surface area contributed by atoms with E-state index in [4.69, 9.17) is 20.6 Å². The summed E-state index contributed by atoms with van der Waals surface area (Å²) in [5.41, 5.74) is 6.91. The fourth-order valence-corrected chi connectivity index (χ4v) is 4.95. The number of carboxylic acids is 3. The Morgan fingerprint density at radius 2 is 1.69 bits per heavy atom. The van der Waals surface area contributed by atoms with Crippen molar-refractivity contribution in [3.8, 4) is 11.5 Å². The smallest absolute Gasteiger partial charge is 0.343 e. The normalized spacial score (nSPS) is 12.5. The molecule has 14 nitrogen and oxygen atoms in total. The van der Waals surface area contributed by atoms with Gasteiger partial charge in [0.05, 0.1) is 42.2 Å². The quantitative estimate of drug-likeness (QED) is 0.0833. The first-order chi connectivity index (χ1) is 21.4. The van der Waals surface area contributed by atoms with Crippen LogP contribution in [0, 0.1) is 5.41 Å². The van der Waals surface area contributed by atoms with Crippen LogP contribution in [0.2, 0.25) is 0 Å². The number of esters is 1. The van der Waals surface area contributed by atoms with Gasteiger partial charge in [-0.25, -0.2) is 9.59 Å². The third-order valence-corrected chi connectivity index (χ3v) is 6.90. The lowest BCUT2D eigenvalue weighted by Gasteiger charge is -2.31. The van der Waals surface area contributed by atoms with Gasteiger partial charge in [0.25, 0.3) is 5.91 Å². The minimum Gasteiger partial charge on any atom is -0.489 e. The van der Waals surface area contributed by atoms with Crippen LogP contribution >= 0.6 is 0 Å². The van der Waals surface area contributed by atoms with E-state index < -0.39 is 48.7 Å². The number of carbonyl (C=O) groups excluding carboxylic acids is 2. The number of rotatable bonds is 10. The van der Waals surface area contributed by atoms with Crippen molar-refractivity contribution in [3.05, 3.63) is 88.5 Å². The van der Waals surface area contributed by atoms with Crippen LogP contribution in [-0.2, 0) is 22.6 Å². The summed E-state index contributed by atoms with van der Waals surface area (Å²) >= 11 is 0. The number of amides is 1. The number of para-hydroxylation sites is 1. The van der Waals surface area contributed by atoms with Gasteiger partial charge in [-0.2, -0.15) is 0 Å². The lowest BCUT2D eigenvalue weighted by Crippen LogP contribution is -2.42. The van der Waals surface area contributed by atoms with Gasteiger partial charge in [-0.15, -0.1) is 0 Å². The van der Waals surface area contributed by atoms with E-state index in [-0.39, 0.29) is 47.3 Å². The number of aryl methyl sites for hydroxylation is 1. The lowest BCUT2D eigenvalue weighted by atomic mass is 10.0. The molecule has 0 radical (unpaired) electrons. The zero-order valence-electron chi connectivity index (χ0n) is 23.8. The molecular formula is C31H30N4O10. The summed E-state index contributed by atoms with van der Waals surface area (Å²) in [5, 5.41) is 38.7. The molecule has 1 heterocycles. The second-order valence-electron chi connectivity index (χ2n) is 10.2. The van der Waals surface area contributed by atoms with Crippen molar-refractivity contribution >= 4 is 41.4 Å². The van der Waals surface area contributed by atoms with E-state index in [0.29, 0.717) is 29.7 Å². The van der Waals surface area contributed by atoms with Crippen LogP contribution in [-0.4, -0.2) is 68.6 Å². The van der Waals surface area contributed by atoms with Gasteiger partial charge in [0.15, 0.2) is 17.5 Å². The van der Waals surface area contributed by atoms with E-state index in [1.165, 1.54) is 48.5 Å². The molecule has 1 aliphatic rings. The molecule has 3 aromatic rings. The molecule has 14 heteroatoms. The molecule has 0 aliphatic carbocycles. The van der Waals surface area contributed by atoms with Crippen molar-refractivity contribution in [2.45, 2.75) is 38.3 Å². The number of aromatic carboxylic acids is 1. The molecule has 0 spiro atoms. The first-order valence-corrected chi connectivity index (χ1v) is 13.7. The number of nitrogens with zero attached hydrogens (tertiary/aromatic N) is 1. The number of fused-ring (bicyclic) bond motifs is 2. The van der Waals surface area contributed by atoms with Crippen LogP contribution in [0.1, 0.15) is 61.5 Å². The number of ether oxygens (including phenoxy) is 2. The second kappa shape index (κ2) is 14.0. The summed E-state index contributed by atoms with van der Waals surface area (Å²) in [5.74, 6) is -5.93.